The van der Waals surface area contributed by atoms with Gasteiger partial charge in [0.15, 0.2) is 6.23 Å². The molecule has 132 valence electrons. The maximum atomic E-state index is 11.2. The van der Waals surface area contributed by atoms with Crippen LogP contribution in [0.5, 0.6) is 0 Å². The second-order valence-electron chi connectivity index (χ2n) is 6.20. The summed E-state index contributed by atoms with van der Waals surface area (Å²) in [6, 6.07) is 10.5. The number of aromatic nitrogens is 3. The maximum Gasteiger partial charge on any atom is 0.271 e. The van der Waals surface area contributed by atoms with E-state index in [0.717, 1.165) is 36.0 Å². The Morgan fingerprint density at radius 1 is 1.23 bits per heavy atom. The summed E-state index contributed by atoms with van der Waals surface area (Å²) in [5.74, 6) is 0. The number of fused-ring (bicyclic) bond motifs is 1. The summed E-state index contributed by atoms with van der Waals surface area (Å²) in [4.78, 5) is 15.1. The van der Waals surface area contributed by atoms with Gasteiger partial charge in [-0.1, -0.05) is 6.07 Å². The van der Waals surface area contributed by atoms with Crippen LogP contribution < -0.4 is 0 Å². The van der Waals surface area contributed by atoms with Crippen molar-refractivity contribution >= 4 is 28.7 Å². The predicted molar refractivity (Wildman–Crippen MR) is 98.4 cm³/mol. The lowest BCUT2D eigenvalue weighted by Gasteiger charge is -2.23. The fourth-order valence-electron chi connectivity index (χ4n) is 3.16. The van der Waals surface area contributed by atoms with Crippen LogP contribution in [0.3, 0.4) is 0 Å². The smallest absolute Gasteiger partial charge is 0.271 e. The summed E-state index contributed by atoms with van der Waals surface area (Å²) >= 11 is 0. The molecule has 7 nitrogen and oxygen atoms in total. The Bertz CT molecular complexity index is 960. The van der Waals surface area contributed by atoms with Crippen LogP contribution in [0.25, 0.3) is 23.1 Å². The Hall–Kier alpha value is -3.06. The summed E-state index contributed by atoms with van der Waals surface area (Å²) in [6.45, 7) is 0.681. The number of nitro benzene ring substituents is 1. The van der Waals surface area contributed by atoms with E-state index in [4.69, 9.17) is 4.74 Å². The summed E-state index contributed by atoms with van der Waals surface area (Å²) in [5.41, 5.74) is 2.34. The SMILES string of the molecule is O=[N+]([O-])c1ccc2c(/C=C/c3ccccn3)nn([C@H]3CCCCO3)c2c1. The Kier molecular flexibility index (Phi) is 4.45. The van der Waals surface area contributed by atoms with Crippen molar-refractivity contribution in [2.75, 3.05) is 6.61 Å². The average molecular weight is 350 g/mol. The third-order valence-electron chi connectivity index (χ3n) is 4.46. The van der Waals surface area contributed by atoms with Crippen LogP contribution in [-0.2, 0) is 4.74 Å². The number of pyridine rings is 1. The molecule has 3 heterocycles. The zero-order valence-electron chi connectivity index (χ0n) is 14.1. The second kappa shape index (κ2) is 7.05. The van der Waals surface area contributed by atoms with Crippen LogP contribution in [0, 0.1) is 10.1 Å². The molecule has 0 amide bonds. The molecule has 1 aromatic carbocycles. The molecule has 1 saturated heterocycles. The van der Waals surface area contributed by atoms with E-state index in [2.05, 4.69) is 10.1 Å². The van der Waals surface area contributed by atoms with E-state index >= 15 is 0 Å². The van der Waals surface area contributed by atoms with Crippen molar-refractivity contribution in [3.8, 4) is 0 Å². The predicted octanol–water partition coefficient (Wildman–Crippen LogP) is 4.21. The highest BCUT2D eigenvalue weighted by molar-refractivity contribution is 5.91. The molecule has 1 aliphatic rings. The van der Waals surface area contributed by atoms with Crippen LogP contribution in [-0.4, -0.2) is 26.3 Å². The Morgan fingerprint density at radius 3 is 2.88 bits per heavy atom. The van der Waals surface area contributed by atoms with Crippen molar-refractivity contribution in [2.24, 2.45) is 0 Å². The molecule has 0 spiro atoms. The quantitative estimate of drug-likeness (QED) is 0.520. The van der Waals surface area contributed by atoms with E-state index < -0.39 is 0 Å². The van der Waals surface area contributed by atoms with Crippen molar-refractivity contribution in [3.63, 3.8) is 0 Å². The van der Waals surface area contributed by atoms with E-state index in [1.165, 1.54) is 6.07 Å². The van der Waals surface area contributed by atoms with Gasteiger partial charge in [0, 0.05) is 30.3 Å². The molecular weight excluding hydrogens is 332 g/mol. The summed E-state index contributed by atoms with van der Waals surface area (Å²) in [5, 5.41) is 16.7. The monoisotopic (exact) mass is 350 g/mol. The van der Waals surface area contributed by atoms with Crippen molar-refractivity contribution < 1.29 is 9.66 Å². The molecule has 0 radical (unpaired) electrons. The van der Waals surface area contributed by atoms with E-state index in [-0.39, 0.29) is 16.8 Å². The lowest BCUT2D eigenvalue weighted by Crippen LogP contribution is -2.19. The van der Waals surface area contributed by atoms with E-state index in [0.29, 0.717) is 12.1 Å². The number of ether oxygens (including phenoxy) is 1. The lowest BCUT2D eigenvalue weighted by atomic mass is 10.1. The first kappa shape index (κ1) is 16.4. The standard InChI is InChI=1S/C19H18N4O3/c24-23(25)15-8-9-16-17(10-7-14-5-1-3-11-20-14)21-22(18(16)13-15)19-6-2-4-12-26-19/h1,3,5,7-11,13,19H,2,4,6,12H2/b10-7+/t19-/m1/s1. The van der Waals surface area contributed by atoms with Gasteiger partial charge < -0.3 is 4.74 Å². The Balaban J connectivity index is 1.79. The van der Waals surface area contributed by atoms with Gasteiger partial charge in [0.25, 0.3) is 5.69 Å². The van der Waals surface area contributed by atoms with Gasteiger partial charge in [-0.05, 0) is 49.6 Å². The van der Waals surface area contributed by atoms with Crippen LogP contribution in [0.4, 0.5) is 5.69 Å². The van der Waals surface area contributed by atoms with Crippen LogP contribution in [0.1, 0.15) is 36.9 Å². The summed E-state index contributed by atoms with van der Waals surface area (Å²) < 4.78 is 7.62. The number of benzene rings is 1. The number of non-ortho nitro benzene ring substituents is 1. The van der Waals surface area contributed by atoms with E-state index in [1.54, 1.807) is 23.0 Å². The second-order valence-corrected chi connectivity index (χ2v) is 6.20. The molecular formula is C19H18N4O3. The molecule has 4 rings (SSSR count). The normalized spacial score (nSPS) is 17.8. The van der Waals surface area contributed by atoms with Gasteiger partial charge in [-0.15, -0.1) is 0 Å². The maximum absolute atomic E-state index is 11.2. The first-order valence-corrected chi connectivity index (χ1v) is 8.60. The van der Waals surface area contributed by atoms with E-state index in [1.807, 2.05) is 30.4 Å². The molecule has 0 aliphatic carbocycles. The zero-order chi connectivity index (χ0) is 17.9. The fraction of sp³-hybridized carbons (Fsp3) is 0.263. The van der Waals surface area contributed by atoms with Crippen LogP contribution in [0.2, 0.25) is 0 Å². The number of nitrogens with zero attached hydrogens (tertiary/aromatic N) is 4. The summed E-state index contributed by atoms with van der Waals surface area (Å²) in [6.07, 6.45) is 8.25. The van der Waals surface area contributed by atoms with Gasteiger partial charge in [-0.25, -0.2) is 4.68 Å². The molecule has 0 unspecified atom stereocenters. The van der Waals surface area contributed by atoms with Crippen molar-refractivity contribution in [2.45, 2.75) is 25.5 Å². The highest BCUT2D eigenvalue weighted by atomic mass is 16.6. The molecule has 0 saturated carbocycles. The highest BCUT2D eigenvalue weighted by Crippen LogP contribution is 2.31. The Labute approximate surface area is 150 Å². The van der Waals surface area contributed by atoms with Crippen LogP contribution >= 0.6 is 0 Å². The van der Waals surface area contributed by atoms with Gasteiger partial charge in [0.2, 0.25) is 0 Å². The zero-order valence-corrected chi connectivity index (χ0v) is 14.1. The molecule has 0 N–H and O–H groups in total. The number of hydrogen-bond donors (Lipinski definition) is 0. The molecule has 3 aromatic rings. The molecule has 1 fully saturated rings. The lowest BCUT2D eigenvalue weighted by molar-refractivity contribution is -0.384. The molecule has 1 aliphatic heterocycles. The fourth-order valence-corrected chi connectivity index (χ4v) is 3.16. The molecule has 1 atom stereocenters. The number of rotatable bonds is 4. The largest absolute Gasteiger partial charge is 0.356 e. The minimum Gasteiger partial charge on any atom is -0.356 e. The third kappa shape index (κ3) is 3.21. The minimum atomic E-state index is -0.387. The first-order chi connectivity index (χ1) is 12.7. The van der Waals surface area contributed by atoms with Crippen molar-refractivity contribution in [1.29, 1.82) is 0 Å². The molecule has 0 bridgehead atoms. The van der Waals surface area contributed by atoms with Crippen LogP contribution in [0.15, 0.2) is 42.6 Å². The summed E-state index contributed by atoms with van der Waals surface area (Å²) in [7, 11) is 0. The topological polar surface area (TPSA) is 83.1 Å². The van der Waals surface area contributed by atoms with Gasteiger partial charge in [-0.3, -0.25) is 15.1 Å². The number of hydrogen-bond acceptors (Lipinski definition) is 5. The van der Waals surface area contributed by atoms with Crippen molar-refractivity contribution in [1.82, 2.24) is 14.8 Å². The average Bonchev–Trinajstić information content (AvgIpc) is 3.06. The number of nitro groups is 1. The van der Waals surface area contributed by atoms with E-state index in [9.17, 15) is 10.1 Å². The van der Waals surface area contributed by atoms with Crippen molar-refractivity contribution in [3.05, 3.63) is 64.1 Å². The highest BCUT2D eigenvalue weighted by Gasteiger charge is 2.22. The minimum absolute atomic E-state index is 0.0507. The van der Waals surface area contributed by atoms with Gasteiger partial charge in [0.1, 0.15) is 0 Å². The third-order valence-corrected chi connectivity index (χ3v) is 4.46. The van der Waals surface area contributed by atoms with Gasteiger partial charge in [0.05, 0.1) is 21.8 Å². The Morgan fingerprint density at radius 2 is 2.15 bits per heavy atom. The van der Waals surface area contributed by atoms with Gasteiger partial charge >= 0.3 is 0 Å². The first-order valence-electron chi connectivity index (χ1n) is 8.60. The molecule has 7 heteroatoms. The van der Waals surface area contributed by atoms with Gasteiger partial charge in [-0.2, -0.15) is 5.10 Å². The molecule has 2 aromatic heterocycles. The molecule has 26 heavy (non-hydrogen) atoms.